The van der Waals surface area contributed by atoms with Crippen LogP contribution in [-0.4, -0.2) is 48.1 Å². The van der Waals surface area contributed by atoms with Gasteiger partial charge in [-0.05, 0) is 29.5 Å². The molecular formula is C34H41N3O5. The molecule has 0 bridgehead atoms. The molecule has 0 aromatic heterocycles. The first-order valence-electron chi connectivity index (χ1n) is 14.8. The van der Waals surface area contributed by atoms with Gasteiger partial charge in [-0.15, -0.1) is 0 Å². The largest absolute Gasteiger partial charge is 0.436 e. The van der Waals surface area contributed by atoms with Gasteiger partial charge in [0.1, 0.15) is 6.61 Å². The number of hydrogen-bond acceptors (Lipinski definition) is 5. The zero-order valence-electron chi connectivity index (χ0n) is 24.7. The molecule has 1 aliphatic carbocycles. The molecule has 3 aromatic rings. The molecule has 0 saturated heterocycles. The van der Waals surface area contributed by atoms with Crippen LogP contribution in [0.4, 0.5) is 4.79 Å². The molecular weight excluding hydrogens is 530 g/mol. The van der Waals surface area contributed by atoms with Gasteiger partial charge in [0.25, 0.3) is 0 Å². The molecule has 0 fully saturated rings. The summed E-state index contributed by atoms with van der Waals surface area (Å²) < 4.78 is 5.96. The lowest BCUT2D eigenvalue weighted by Crippen LogP contribution is -2.48. The molecule has 222 valence electrons. The highest BCUT2D eigenvalue weighted by Gasteiger charge is 2.34. The number of amides is 3. The lowest BCUT2D eigenvalue weighted by Gasteiger charge is -2.33. The van der Waals surface area contributed by atoms with Crippen LogP contribution in [0.15, 0.2) is 78.9 Å². The molecule has 0 radical (unpaired) electrons. The highest BCUT2D eigenvalue weighted by atomic mass is 16.7. The van der Waals surface area contributed by atoms with Crippen LogP contribution < -0.4 is 5.32 Å². The summed E-state index contributed by atoms with van der Waals surface area (Å²) in [5.41, 5.74) is 4.92. The van der Waals surface area contributed by atoms with Crippen molar-refractivity contribution in [2.24, 2.45) is 5.92 Å². The van der Waals surface area contributed by atoms with Crippen molar-refractivity contribution >= 4 is 18.4 Å². The third-order valence-electron chi connectivity index (χ3n) is 7.79. The summed E-state index contributed by atoms with van der Waals surface area (Å²) in [7, 11) is 1.60. The minimum Gasteiger partial charge on any atom is -0.436 e. The molecule has 1 N–H and O–H groups in total. The second-order valence-corrected chi connectivity index (χ2v) is 10.6. The molecule has 1 aliphatic rings. The fraction of sp³-hybridized carbons (Fsp3) is 0.382. The van der Waals surface area contributed by atoms with E-state index in [4.69, 9.17) is 9.57 Å². The van der Waals surface area contributed by atoms with Crippen LogP contribution in [-0.2, 0) is 25.8 Å². The standard InChI is InChI=1S/C34H41N3O5/c1-4-6-8-21-30(31(5-2)37(24-38)41-22-25-15-9-7-10-16-25)33(39)35-23-36(3)34(40)42-32-28-19-13-11-17-26(28)27-18-12-14-20-29(27)32/h7,9-20,24,30-32H,4-6,8,21-23H2,1-3H3,(H,35,39)/t30-,31-/m1/s1. The van der Waals surface area contributed by atoms with Gasteiger partial charge < -0.3 is 10.1 Å². The molecule has 3 aromatic carbocycles. The van der Waals surface area contributed by atoms with Crippen molar-refractivity contribution in [1.29, 1.82) is 0 Å². The van der Waals surface area contributed by atoms with Crippen LogP contribution in [0.1, 0.15) is 68.7 Å². The van der Waals surface area contributed by atoms with Crippen LogP contribution in [0.5, 0.6) is 0 Å². The van der Waals surface area contributed by atoms with Gasteiger partial charge in [-0.25, -0.2) is 9.86 Å². The maximum Gasteiger partial charge on any atom is 0.411 e. The quantitative estimate of drug-likeness (QED) is 0.0979. The van der Waals surface area contributed by atoms with Gasteiger partial charge in [0.15, 0.2) is 6.10 Å². The SMILES string of the molecule is CCCCC[C@@H](C(=O)NCN(C)C(=O)OC1c2ccccc2-c2ccccc21)[C@@H](CC)N(C=O)OCc1ccccc1. The van der Waals surface area contributed by atoms with Gasteiger partial charge in [0, 0.05) is 18.2 Å². The number of rotatable bonds is 15. The average Bonchev–Trinajstić information content (AvgIpc) is 3.34. The summed E-state index contributed by atoms with van der Waals surface area (Å²) in [5.74, 6) is -0.732. The normalized spacial score (nSPS) is 13.4. The molecule has 4 rings (SSSR count). The Hall–Kier alpha value is -4.17. The Balaban J connectivity index is 1.40. The van der Waals surface area contributed by atoms with E-state index < -0.39 is 24.2 Å². The molecule has 8 nitrogen and oxygen atoms in total. The first-order valence-corrected chi connectivity index (χ1v) is 14.8. The maximum absolute atomic E-state index is 13.5. The molecule has 8 heteroatoms. The summed E-state index contributed by atoms with van der Waals surface area (Å²) in [6.07, 6.45) is 3.56. The number of carbonyl (C=O) groups excluding carboxylic acids is 3. The van der Waals surface area contributed by atoms with Crippen LogP contribution in [0, 0.1) is 5.92 Å². The van der Waals surface area contributed by atoms with Gasteiger partial charge in [-0.1, -0.05) is 112 Å². The molecule has 0 heterocycles. The molecule has 3 amide bonds. The number of nitrogens with zero attached hydrogens (tertiary/aromatic N) is 2. The van der Waals surface area contributed by atoms with Crippen LogP contribution >= 0.6 is 0 Å². The van der Waals surface area contributed by atoms with Crippen molar-refractivity contribution in [1.82, 2.24) is 15.3 Å². The van der Waals surface area contributed by atoms with Crippen molar-refractivity contribution in [3.63, 3.8) is 0 Å². The zero-order chi connectivity index (χ0) is 29.9. The Morgan fingerprint density at radius 1 is 0.905 bits per heavy atom. The molecule has 2 atom stereocenters. The fourth-order valence-electron chi connectivity index (χ4n) is 5.50. The predicted octanol–water partition coefficient (Wildman–Crippen LogP) is 6.46. The van der Waals surface area contributed by atoms with E-state index in [9.17, 15) is 14.4 Å². The first kappa shape index (κ1) is 30.8. The topological polar surface area (TPSA) is 88.2 Å². The number of unbranched alkanes of at least 4 members (excludes halogenated alkanes) is 2. The number of carbonyl (C=O) groups is 3. The van der Waals surface area contributed by atoms with Gasteiger partial charge in [-0.2, -0.15) is 0 Å². The summed E-state index contributed by atoms with van der Waals surface area (Å²) in [4.78, 5) is 46.0. The summed E-state index contributed by atoms with van der Waals surface area (Å²) in [6.45, 7) is 4.24. The van der Waals surface area contributed by atoms with Gasteiger partial charge in [0.05, 0.1) is 18.6 Å². The summed E-state index contributed by atoms with van der Waals surface area (Å²) in [5, 5.41) is 4.18. The number of nitrogens with one attached hydrogen (secondary N) is 1. The zero-order valence-corrected chi connectivity index (χ0v) is 24.7. The Kier molecular flexibility index (Phi) is 11.1. The van der Waals surface area contributed by atoms with E-state index in [0.717, 1.165) is 47.1 Å². The van der Waals surface area contributed by atoms with Crippen molar-refractivity contribution in [3.05, 3.63) is 95.6 Å². The minimum atomic E-state index is -0.540. The number of benzene rings is 3. The Morgan fingerprint density at radius 2 is 1.52 bits per heavy atom. The third kappa shape index (κ3) is 7.36. The van der Waals surface area contributed by atoms with E-state index in [1.54, 1.807) is 7.05 Å². The lowest BCUT2D eigenvalue weighted by atomic mass is 9.90. The molecule has 0 aliphatic heterocycles. The Labute approximate surface area is 248 Å². The first-order chi connectivity index (χ1) is 20.5. The summed E-state index contributed by atoms with van der Waals surface area (Å²) in [6, 6.07) is 25.0. The van der Waals surface area contributed by atoms with Crippen molar-refractivity contribution in [3.8, 4) is 11.1 Å². The van der Waals surface area contributed by atoms with E-state index in [1.165, 1.54) is 9.96 Å². The van der Waals surface area contributed by atoms with Crippen molar-refractivity contribution in [2.45, 2.75) is 64.7 Å². The molecule has 0 spiro atoms. The average molecular weight is 572 g/mol. The van der Waals surface area contributed by atoms with Crippen molar-refractivity contribution < 1.29 is 24.0 Å². The smallest absolute Gasteiger partial charge is 0.411 e. The van der Waals surface area contributed by atoms with Crippen LogP contribution in [0.2, 0.25) is 0 Å². The van der Waals surface area contributed by atoms with E-state index >= 15 is 0 Å². The van der Waals surface area contributed by atoms with Crippen LogP contribution in [0.3, 0.4) is 0 Å². The van der Waals surface area contributed by atoms with Crippen LogP contribution in [0.25, 0.3) is 11.1 Å². The second kappa shape index (κ2) is 15.2. The minimum absolute atomic E-state index is 0.0274. The Bertz CT molecular complexity index is 1290. The van der Waals surface area contributed by atoms with E-state index in [0.29, 0.717) is 19.3 Å². The van der Waals surface area contributed by atoms with E-state index in [1.807, 2.05) is 85.8 Å². The van der Waals surface area contributed by atoms with Gasteiger partial charge >= 0.3 is 6.09 Å². The number of ether oxygens (including phenoxy) is 1. The number of hydrogen-bond donors (Lipinski definition) is 1. The fourth-order valence-corrected chi connectivity index (χ4v) is 5.50. The molecule has 0 unspecified atom stereocenters. The predicted molar refractivity (Wildman–Crippen MR) is 162 cm³/mol. The Morgan fingerprint density at radius 3 is 2.12 bits per heavy atom. The van der Waals surface area contributed by atoms with Gasteiger partial charge in [0.2, 0.25) is 12.3 Å². The number of hydroxylamine groups is 2. The van der Waals surface area contributed by atoms with E-state index in [-0.39, 0.29) is 19.2 Å². The monoisotopic (exact) mass is 571 g/mol. The third-order valence-corrected chi connectivity index (χ3v) is 7.79. The lowest BCUT2D eigenvalue weighted by molar-refractivity contribution is -0.200. The highest BCUT2D eigenvalue weighted by Crippen LogP contribution is 2.45. The summed E-state index contributed by atoms with van der Waals surface area (Å²) >= 11 is 0. The highest BCUT2D eigenvalue weighted by molar-refractivity contribution is 5.81. The molecule has 0 saturated carbocycles. The van der Waals surface area contributed by atoms with Gasteiger partial charge in [-0.3, -0.25) is 19.3 Å². The van der Waals surface area contributed by atoms with E-state index in [2.05, 4.69) is 12.2 Å². The second-order valence-electron chi connectivity index (χ2n) is 10.6. The maximum atomic E-state index is 13.5. The number of fused-ring (bicyclic) bond motifs is 3. The van der Waals surface area contributed by atoms with Crippen molar-refractivity contribution in [2.75, 3.05) is 13.7 Å². The molecule has 42 heavy (non-hydrogen) atoms.